The predicted octanol–water partition coefficient (Wildman–Crippen LogP) is 3.38. The largest absolute Gasteiger partial charge is 0.324 e. The van der Waals surface area contributed by atoms with Crippen molar-refractivity contribution in [3.8, 4) is 0 Å². The second-order valence-electron chi connectivity index (χ2n) is 3.39. The fraction of sp³-hybridized carbons (Fsp3) is 0.400. The van der Waals surface area contributed by atoms with Crippen molar-refractivity contribution < 1.29 is 13.2 Å². The zero-order chi connectivity index (χ0) is 10.9. The Bertz CT molecular complexity index is 334. The SMILES string of the molecule is C[C@@H](N)c1cccc(C(C)(F)F)c1F.Cl. The normalized spacial score (nSPS) is 13.2. The highest BCUT2D eigenvalue weighted by Gasteiger charge is 2.29. The van der Waals surface area contributed by atoms with Gasteiger partial charge in [-0.15, -0.1) is 12.4 Å². The van der Waals surface area contributed by atoms with Gasteiger partial charge in [-0.2, -0.15) is 0 Å². The van der Waals surface area contributed by atoms with Crippen LogP contribution in [0.3, 0.4) is 0 Å². The third-order valence-corrected chi connectivity index (χ3v) is 1.99. The number of hydrogen-bond donors (Lipinski definition) is 1. The molecule has 0 aliphatic heterocycles. The minimum absolute atomic E-state index is 0. The van der Waals surface area contributed by atoms with Crippen molar-refractivity contribution in [2.24, 2.45) is 5.73 Å². The lowest BCUT2D eigenvalue weighted by Crippen LogP contribution is -2.14. The summed E-state index contributed by atoms with van der Waals surface area (Å²) in [5.74, 6) is -4.08. The first-order valence-corrected chi connectivity index (χ1v) is 4.26. The Kier molecular flexibility index (Phi) is 4.62. The molecule has 86 valence electrons. The molecule has 0 heterocycles. The van der Waals surface area contributed by atoms with Gasteiger partial charge in [-0.3, -0.25) is 0 Å². The van der Waals surface area contributed by atoms with Crippen molar-refractivity contribution in [3.63, 3.8) is 0 Å². The first-order chi connectivity index (χ1) is 6.34. The lowest BCUT2D eigenvalue weighted by molar-refractivity contribution is 0.0135. The van der Waals surface area contributed by atoms with Crippen LogP contribution in [-0.4, -0.2) is 0 Å². The number of alkyl halides is 2. The Morgan fingerprint density at radius 1 is 1.33 bits per heavy atom. The maximum atomic E-state index is 13.5. The van der Waals surface area contributed by atoms with E-state index < -0.39 is 23.3 Å². The Balaban J connectivity index is 0.00000196. The third-order valence-electron chi connectivity index (χ3n) is 1.99. The monoisotopic (exact) mass is 239 g/mol. The average Bonchev–Trinajstić information content (AvgIpc) is 2.01. The molecule has 0 spiro atoms. The van der Waals surface area contributed by atoms with Gasteiger partial charge in [-0.1, -0.05) is 18.2 Å². The summed E-state index contributed by atoms with van der Waals surface area (Å²) in [4.78, 5) is 0. The van der Waals surface area contributed by atoms with Crippen molar-refractivity contribution in [1.29, 1.82) is 0 Å². The molecule has 0 saturated heterocycles. The minimum Gasteiger partial charge on any atom is -0.324 e. The van der Waals surface area contributed by atoms with Gasteiger partial charge in [0.15, 0.2) is 0 Å². The van der Waals surface area contributed by atoms with Crippen LogP contribution in [0.5, 0.6) is 0 Å². The second-order valence-corrected chi connectivity index (χ2v) is 3.39. The number of benzene rings is 1. The first-order valence-electron chi connectivity index (χ1n) is 4.26. The highest BCUT2D eigenvalue weighted by Crippen LogP contribution is 2.31. The molecule has 1 aromatic carbocycles. The molecule has 15 heavy (non-hydrogen) atoms. The van der Waals surface area contributed by atoms with Crippen LogP contribution in [-0.2, 0) is 5.92 Å². The first kappa shape index (κ1) is 14.3. The summed E-state index contributed by atoms with van der Waals surface area (Å²) in [7, 11) is 0. The van der Waals surface area contributed by atoms with Gasteiger partial charge < -0.3 is 5.73 Å². The molecule has 0 radical (unpaired) electrons. The summed E-state index contributed by atoms with van der Waals surface area (Å²) in [5, 5.41) is 0. The number of hydrogen-bond acceptors (Lipinski definition) is 1. The molecule has 1 rings (SSSR count). The summed E-state index contributed by atoms with van der Waals surface area (Å²) in [6.45, 7) is 2.21. The van der Waals surface area contributed by atoms with Gasteiger partial charge in [0.1, 0.15) is 5.82 Å². The van der Waals surface area contributed by atoms with Crippen molar-refractivity contribution in [3.05, 3.63) is 35.1 Å². The Morgan fingerprint density at radius 2 is 1.87 bits per heavy atom. The highest BCUT2D eigenvalue weighted by atomic mass is 35.5. The van der Waals surface area contributed by atoms with E-state index in [1.54, 1.807) is 6.92 Å². The molecule has 1 atom stereocenters. The summed E-state index contributed by atoms with van der Waals surface area (Å²) < 4.78 is 39.2. The molecule has 0 amide bonds. The van der Waals surface area contributed by atoms with Crippen LogP contribution in [0, 0.1) is 5.82 Å². The summed E-state index contributed by atoms with van der Waals surface area (Å²) >= 11 is 0. The number of halogens is 4. The number of nitrogens with two attached hydrogens (primary N) is 1. The molecular weight excluding hydrogens is 227 g/mol. The predicted molar refractivity (Wildman–Crippen MR) is 55.8 cm³/mol. The van der Waals surface area contributed by atoms with E-state index in [-0.39, 0.29) is 18.0 Å². The molecule has 1 nitrogen and oxygen atoms in total. The molecule has 0 saturated carbocycles. The van der Waals surface area contributed by atoms with Gasteiger partial charge in [0, 0.05) is 18.5 Å². The Morgan fingerprint density at radius 3 is 2.27 bits per heavy atom. The van der Waals surface area contributed by atoms with Crippen molar-refractivity contribution in [2.45, 2.75) is 25.8 Å². The lowest BCUT2D eigenvalue weighted by atomic mass is 10.0. The quantitative estimate of drug-likeness (QED) is 0.841. The summed E-state index contributed by atoms with van der Waals surface area (Å²) in [6.07, 6.45) is 0. The van der Waals surface area contributed by atoms with Gasteiger partial charge >= 0.3 is 0 Å². The van der Waals surface area contributed by atoms with Crippen LogP contribution < -0.4 is 5.73 Å². The molecule has 0 unspecified atom stereocenters. The van der Waals surface area contributed by atoms with Crippen LogP contribution in [0.15, 0.2) is 18.2 Å². The van der Waals surface area contributed by atoms with E-state index in [2.05, 4.69) is 0 Å². The van der Waals surface area contributed by atoms with Crippen LogP contribution in [0.2, 0.25) is 0 Å². The molecule has 5 heteroatoms. The molecule has 2 N–H and O–H groups in total. The minimum atomic E-state index is -3.17. The van der Waals surface area contributed by atoms with E-state index in [1.807, 2.05) is 0 Å². The fourth-order valence-corrected chi connectivity index (χ4v) is 1.24. The van der Waals surface area contributed by atoms with E-state index in [1.165, 1.54) is 12.1 Å². The van der Waals surface area contributed by atoms with Crippen LogP contribution >= 0.6 is 12.4 Å². The van der Waals surface area contributed by atoms with Crippen LogP contribution in [0.25, 0.3) is 0 Å². The lowest BCUT2D eigenvalue weighted by Gasteiger charge is -2.15. The van der Waals surface area contributed by atoms with E-state index in [9.17, 15) is 13.2 Å². The third kappa shape index (κ3) is 3.11. The summed E-state index contributed by atoms with van der Waals surface area (Å²) in [5.41, 5.74) is 4.95. The van der Waals surface area contributed by atoms with Gasteiger partial charge in [-0.25, -0.2) is 13.2 Å². The maximum absolute atomic E-state index is 13.5. The molecule has 1 aromatic rings. The molecule has 0 bridgehead atoms. The smallest absolute Gasteiger partial charge is 0.273 e. The molecule has 0 aliphatic rings. The van der Waals surface area contributed by atoms with Gasteiger partial charge in [0.25, 0.3) is 5.92 Å². The van der Waals surface area contributed by atoms with Crippen molar-refractivity contribution in [1.82, 2.24) is 0 Å². The molecule has 0 fully saturated rings. The summed E-state index contributed by atoms with van der Waals surface area (Å²) in [6, 6.07) is 3.28. The van der Waals surface area contributed by atoms with Crippen LogP contribution in [0.4, 0.5) is 13.2 Å². The Labute approximate surface area is 92.9 Å². The van der Waals surface area contributed by atoms with Crippen LogP contribution in [0.1, 0.15) is 31.0 Å². The topological polar surface area (TPSA) is 26.0 Å². The number of rotatable bonds is 2. The second kappa shape index (κ2) is 4.86. The van der Waals surface area contributed by atoms with Gasteiger partial charge in [0.2, 0.25) is 0 Å². The molecule has 0 aliphatic carbocycles. The van der Waals surface area contributed by atoms with Gasteiger partial charge in [0.05, 0.1) is 5.56 Å². The molecule has 0 aromatic heterocycles. The van der Waals surface area contributed by atoms with E-state index in [0.29, 0.717) is 6.92 Å². The maximum Gasteiger partial charge on any atom is 0.273 e. The zero-order valence-electron chi connectivity index (χ0n) is 8.43. The average molecular weight is 240 g/mol. The van der Waals surface area contributed by atoms with Gasteiger partial charge in [-0.05, 0) is 6.92 Å². The standard InChI is InChI=1S/C10H12F3N.ClH/c1-6(14)7-4-3-5-8(9(7)11)10(2,12)13;/h3-6H,14H2,1-2H3;1H/t6-;/m1./s1. The van der Waals surface area contributed by atoms with Crippen molar-refractivity contribution >= 4 is 12.4 Å². The Hall–Kier alpha value is -0.740. The van der Waals surface area contributed by atoms with Crippen molar-refractivity contribution in [2.75, 3.05) is 0 Å². The van der Waals surface area contributed by atoms with E-state index >= 15 is 0 Å². The highest BCUT2D eigenvalue weighted by molar-refractivity contribution is 5.85. The zero-order valence-corrected chi connectivity index (χ0v) is 9.25. The molecular formula is C10H13ClF3N. The van der Waals surface area contributed by atoms with E-state index in [4.69, 9.17) is 5.73 Å². The fourth-order valence-electron chi connectivity index (χ4n) is 1.24. The van der Waals surface area contributed by atoms with E-state index in [0.717, 1.165) is 6.07 Å².